The molecule has 2 N–H and O–H groups in total. The molecule has 1 amide bonds. The van der Waals surface area contributed by atoms with Gasteiger partial charge in [0.15, 0.2) is 0 Å². The van der Waals surface area contributed by atoms with Crippen molar-refractivity contribution >= 4 is 27.5 Å². The first-order chi connectivity index (χ1) is 9.02. The van der Waals surface area contributed by atoms with Crippen LogP contribution in [0.25, 0.3) is 0 Å². The number of halogens is 1. The molecule has 1 heterocycles. The van der Waals surface area contributed by atoms with Crippen LogP contribution in [0.4, 0.5) is 5.69 Å². The van der Waals surface area contributed by atoms with E-state index in [1.807, 2.05) is 30.0 Å². The molecule has 1 fully saturated rings. The van der Waals surface area contributed by atoms with Crippen LogP contribution >= 0.6 is 15.9 Å². The van der Waals surface area contributed by atoms with Crippen molar-refractivity contribution in [3.63, 3.8) is 0 Å². The van der Waals surface area contributed by atoms with Gasteiger partial charge >= 0.3 is 0 Å². The highest BCUT2D eigenvalue weighted by Gasteiger charge is 2.30. The first-order valence-corrected chi connectivity index (χ1v) is 7.23. The molecule has 5 heteroatoms. The summed E-state index contributed by atoms with van der Waals surface area (Å²) in [5.74, 6) is 0.248. The van der Waals surface area contributed by atoms with Gasteiger partial charge in [0.2, 0.25) is 5.91 Å². The topological polar surface area (TPSA) is 52.6 Å². The predicted molar refractivity (Wildman–Crippen MR) is 79.3 cm³/mol. The Labute approximate surface area is 121 Å². The third-order valence-electron chi connectivity index (χ3n) is 3.45. The van der Waals surface area contributed by atoms with Crippen LogP contribution < -0.4 is 10.2 Å². The quantitative estimate of drug-likeness (QED) is 0.869. The van der Waals surface area contributed by atoms with Gasteiger partial charge in [0.1, 0.15) is 6.04 Å². The second-order valence-corrected chi connectivity index (χ2v) is 6.05. The Morgan fingerprint density at radius 3 is 2.89 bits per heavy atom. The minimum Gasteiger partial charge on any atom is -0.394 e. The lowest BCUT2D eigenvalue weighted by Gasteiger charge is -2.31. The van der Waals surface area contributed by atoms with E-state index in [0.29, 0.717) is 12.5 Å². The minimum absolute atomic E-state index is 0.103. The zero-order chi connectivity index (χ0) is 14.0. The smallest absolute Gasteiger partial charge is 0.245 e. The molecule has 19 heavy (non-hydrogen) atoms. The lowest BCUT2D eigenvalue weighted by atomic mass is 10.1. The van der Waals surface area contributed by atoms with Crippen molar-refractivity contribution in [3.05, 3.63) is 28.2 Å². The molecule has 1 aromatic rings. The van der Waals surface area contributed by atoms with Gasteiger partial charge in [0.05, 0.1) is 6.61 Å². The molecule has 104 valence electrons. The summed E-state index contributed by atoms with van der Waals surface area (Å²) < 4.78 is 1.02. The first-order valence-electron chi connectivity index (χ1n) is 6.44. The Hall–Kier alpha value is -1.07. The van der Waals surface area contributed by atoms with Gasteiger partial charge in [-0.2, -0.15) is 0 Å². The summed E-state index contributed by atoms with van der Waals surface area (Å²) in [5.41, 5.74) is 2.10. The normalized spacial score (nSPS) is 24.0. The zero-order valence-electron chi connectivity index (χ0n) is 11.2. The molecule has 1 aliphatic rings. The Morgan fingerprint density at radius 2 is 2.26 bits per heavy atom. The number of aryl methyl sites for hydroxylation is 1. The highest BCUT2D eigenvalue weighted by molar-refractivity contribution is 9.10. The monoisotopic (exact) mass is 326 g/mol. The van der Waals surface area contributed by atoms with E-state index in [4.69, 9.17) is 0 Å². The molecule has 1 aromatic carbocycles. The Kier molecular flexibility index (Phi) is 4.47. The number of aliphatic hydroxyl groups excluding tert-OH is 1. The fourth-order valence-electron chi connectivity index (χ4n) is 2.45. The fraction of sp³-hybridized carbons (Fsp3) is 0.500. The van der Waals surface area contributed by atoms with E-state index in [1.54, 1.807) is 0 Å². The maximum absolute atomic E-state index is 12.0. The second kappa shape index (κ2) is 5.92. The molecule has 0 radical (unpaired) electrons. The summed E-state index contributed by atoms with van der Waals surface area (Å²) in [6, 6.07) is 5.47. The lowest BCUT2D eigenvalue weighted by Crippen LogP contribution is -2.47. The average Bonchev–Trinajstić information content (AvgIpc) is 2.49. The van der Waals surface area contributed by atoms with Crippen molar-refractivity contribution in [1.82, 2.24) is 5.32 Å². The van der Waals surface area contributed by atoms with Crippen molar-refractivity contribution < 1.29 is 9.90 Å². The Morgan fingerprint density at radius 1 is 1.53 bits per heavy atom. The van der Waals surface area contributed by atoms with Crippen molar-refractivity contribution in [2.75, 3.05) is 24.6 Å². The van der Waals surface area contributed by atoms with Crippen LogP contribution in [-0.2, 0) is 4.79 Å². The van der Waals surface area contributed by atoms with Gasteiger partial charge < -0.3 is 15.3 Å². The third kappa shape index (κ3) is 3.09. The molecule has 1 aliphatic heterocycles. The van der Waals surface area contributed by atoms with Gasteiger partial charge in [-0.15, -0.1) is 0 Å². The van der Waals surface area contributed by atoms with Gasteiger partial charge in [0.25, 0.3) is 0 Å². The van der Waals surface area contributed by atoms with E-state index >= 15 is 0 Å². The van der Waals surface area contributed by atoms with Crippen LogP contribution in [0.1, 0.15) is 12.5 Å². The van der Waals surface area contributed by atoms with Gasteiger partial charge in [-0.25, -0.2) is 0 Å². The minimum atomic E-state index is -0.509. The van der Waals surface area contributed by atoms with E-state index in [-0.39, 0.29) is 12.5 Å². The number of carbonyl (C=O) groups excluding carboxylic acids is 1. The van der Waals surface area contributed by atoms with Gasteiger partial charge in [-0.3, -0.25) is 4.79 Å². The molecule has 0 saturated carbocycles. The average molecular weight is 327 g/mol. The van der Waals surface area contributed by atoms with Crippen LogP contribution in [-0.4, -0.2) is 36.8 Å². The van der Waals surface area contributed by atoms with Crippen LogP contribution in [0.5, 0.6) is 0 Å². The first kappa shape index (κ1) is 14.3. The van der Waals surface area contributed by atoms with Crippen molar-refractivity contribution in [2.45, 2.75) is 19.9 Å². The number of rotatable bonds is 2. The number of amides is 1. The van der Waals surface area contributed by atoms with Gasteiger partial charge in [0, 0.05) is 23.2 Å². The molecule has 0 bridgehead atoms. The predicted octanol–water partition coefficient (Wildman–Crippen LogP) is 1.69. The van der Waals surface area contributed by atoms with E-state index in [0.717, 1.165) is 22.3 Å². The highest BCUT2D eigenvalue weighted by atomic mass is 79.9. The van der Waals surface area contributed by atoms with E-state index in [9.17, 15) is 9.90 Å². The van der Waals surface area contributed by atoms with E-state index < -0.39 is 6.04 Å². The largest absolute Gasteiger partial charge is 0.394 e. The third-order valence-corrected chi connectivity index (χ3v) is 3.95. The Bertz CT molecular complexity index is 479. The summed E-state index contributed by atoms with van der Waals surface area (Å²) >= 11 is 3.44. The summed E-state index contributed by atoms with van der Waals surface area (Å²) in [7, 11) is 0. The maximum Gasteiger partial charge on any atom is 0.245 e. The summed E-state index contributed by atoms with van der Waals surface area (Å²) in [4.78, 5) is 14.0. The number of aliphatic hydroxyl groups is 1. The second-order valence-electron chi connectivity index (χ2n) is 5.13. The summed E-state index contributed by atoms with van der Waals surface area (Å²) in [5, 5.41) is 12.4. The summed E-state index contributed by atoms with van der Waals surface area (Å²) in [6.45, 7) is 5.35. The van der Waals surface area contributed by atoms with Gasteiger partial charge in [-0.1, -0.05) is 22.9 Å². The fourth-order valence-corrected chi connectivity index (χ4v) is 2.93. The number of nitrogens with one attached hydrogen (secondary N) is 1. The number of carbonyl (C=O) groups is 1. The molecule has 2 atom stereocenters. The molecule has 0 aromatic heterocycles. The highest BCUT2D eigenvalue weighted by Crippen LogP contribution is 2.27. The van der Waals surface area contributed by atoms with Crippen molar-refractivity contribution in [3.8, 4) is 0 Å². The lowest BCUT2D eigenvalue weighted by molar-refractivity contribution is -0.122. The number of nitrogens with zero attached hydrogens (tertiary/aromatic N) is 1. The van der Waals surface area contributed by atoms with Crippen LogP contribution in [0.15, 0.2) is 22.7 Å². The SMILES string of the molecule is Cc1cc(Br)ccc1N1CC(C)CNC(=O)C1CO. The molecule has 0 spiro atoms. The van der Waals surface area contributed by atoms with Gasteiger partial charge in [-0.05, 0) is 36.6 Å². The number of hydrogen-bond acceptors (Lipinski definition) is 3. The van der Waals surface area contributed by atoms with E-state index in [2.05, 4.69) is 28.2 Å². The molecule has 0 aliphatic carbocycles. The zero-order valence-corrected chi connectivity index (χ0v) is 12.8. The van der Waals surface area contributed by atoms with E-state index in [1.165, 1.54) is 0 Å². The molecular weight excluding hydrogens is 308 g/mol. The number of benzene rings is 1. The Balaban J connectivity index is 2.39. The van der Waals surface area contributed by atoms with Crippen LogP contribution in [0.3, 0.4) is 0 Å². The van der Waals surface area contributed by atoms with Crippen LogP contribution in [0.2, 0.25) is 0 Å². The summed E-state index contributed by atoms with van der Waals surface area (Å²) in [6.07, 6.45) is 0. The number of anilines is 1. The molecular formula is C14H19BrN2O2. The maximum atomic E-state index is 12.0. The van der Waals surface area contributed by atoms with Crippen molar-refractivity contribution in [1.29, 1.82) is 0 Å². The van der Waals surface area contributed by atoms with Crippen molar-refractivity contribution in [2.24, 2.45) is 5.92 Å². The molecule has 4 nitrogen and oxygen atoms in total. The molecule has 2 unspecified atom stereocenters. The standard InChI is InChI=1S/C14H19BrN2O2/c1-9-6-16-14(19)13(8-18)17(7-9)12-4-3-11(15)5-10(12)2/h3-5,9,13,18H,6-8H2,1-2H3,(H,16,19). The number of hydrogen-bond donors (Lipinski definition) is 2. The van der Waals surface area contributed by atoms with Crippen LogP contribution in [0, 0.1) is 12.8 Å². The molecule has 1 saturated heterocycles. The molecule has 2 rings (SSSR count).